The Kier molecular flexibility index (Phi) is 4.49. The molecule has 4 heteroatoms. The molecule has 2 aromatic carbocycles. The minimum absolute atomic E-state index is 0.200. The molecule has 0 radical (unpaired) electrons. The van der Waals surface area contributed by atoms with Crippen LogP contribution in [0.4, 0.5) is 0 Å². The molecule has 3 heterocycles. The van der Waals surface area contributed by atoms with Gasteiger partial charge in [0.05, 0.1) is 17.9 Å². The number of para-hydroxylation sites is 1. The van der Waals surface area contributed by atoms with Crippen molar-refractivity contribution < 1.29 is 0 Å². The number of imidazole rings is 1. The number of hydrogen-bond acceptors (Lipinski definition) is 2. The van der Waals surface area contributed by atoms with Crippen molar-refractivity contribution in [1.29, 1.82) is 0 Å². The molecule has 0 amide bonds. The normalized spacial score (nSPS) is 19.0. The highest BCUT2D eigenvalue weighted by Crippen LogP contribution is 2.38. The predicted octanol–water partition coefficient (Wildman–Crippen LogP) is 5.68. The molecule has 0 saturated carbocycles. The molecule has 0 fully saturated rings. The Morgan fingerprint density at radius 3 is 2.68 bits per heavy atom. The minimum Gasteiger partial charge on any atom is -0.357 e. The molecule has 4 aromatic rings. The maximum Gasteiger partial charge on any atom is 0.124 e. The van der Waals surface area contributed by atoms with Crippen LogP contribution in [0.1, 0.15) is 55.4 Å². The topological polar surface area (TPSA) is 56.5 Å². The first kappa shape index (κ1) is 17.3. The molecule has 0 saturated heterocycles. The summed E-state index contributed by atoms with van der Waals surface area (Å²) >= 11 is 0. The Labute approximate surface area is 165 Å². The molecule has 142 valence electrons. The van der Waals surface area contributed by atoms with Crippen LogP contribution in [-0.2, 0) is 6.42 Å². The second-order valence-corrected chi connectivity index (χ2v) is 7.73. The Hall–Kier alpha value is -2.85. The third-order valence-electron chi connectivity index (χ3n) is 5.86. The van der Waals surface area contributed by atoms with Crippen molar-refractivity contribution in [3.8, 4) is 11.3 Å². The number of unbranched alkanes of at least 4 members (excludes halogenated alkanes) is 1. The van der Waals surface area contributed by atoms with Crippen LogP contribution in [0, 0.1) is 0 Å². The van der Waals surface area contributed by atoms with Gasteiger partial charge < -0.3 is 9.97 Å². The first-order valence-electron chi connectivity index (χ1n) is 10.3. The highest BCUT2D eigenvalue weighted by atomic mass is 15.1. The Balaban J connectivity index is 1.51. The molecule has 3 N–H and O–H groups in total. The number of nitrogens with one attached hydrogen (secondary N) is 3. The van der Waals surface area contributed by atoms with E-state index in [0.717, 1.165) is 24.4 Å². The van der Waals surface area contributed by atoms with Crippen LogP contribution in [-0.4, -0.2) is 15.0 Å². The van der Waals surface area contributed by atoms with Crippen LogP contribution in [0.3, 0.4) is 0 Å². The maximum absolute atomic E-state index is 4.74. The summed E-state index contributed by atoms with van der Waals surface area (Å²) in [6.45, 7) is 2.26. The van der Waals surface area contributed by atoms with Crippen LogP contribution in [0.5, 0.6) is 0 Å². The zero-order chi connectivity index (χ0) is 18.9. The molecule has 2 atom stereocenters. The van der Waals surface area contributed by atoms with Gasteiger partial charge in [0.2, 0.25) is 0 Å². The third-order valence-corrected chi connectivity index (χ3v) is 5.86. The van der Waals surface area contributed by atoms with Gasteiger partial charge in [0.15, 0.2) is 0 Å². The van der Waals surface area contributed by atoms with E-state index in [-0.39, 0.29) is 6.04 Å². The number of fused-ring (bicyclic) bond motifs is 3. The van der Waals surface area contributed by atoms with E-state index in [1.807, 2.05) is 12.3 Å². The molecule has 0 spiro atoms. The van der Waals surface area contributed by atoms with E-state index in [0.29, 0.717) is 6.04 Å². The van der Waals surface area contributed by atoms with Gasteiger partial charge in [-0.25, -0.2) is 4.98 Å². The molecular formula is C24H26N4. The standard InChI is InChI=1S/C24H26N4/c1-2-3-12-20-23-18(17-11-7-8-13-19(17)27-23)14-21(26-20)24-25-15-22(28-24)16-9-5-4-6-10-16/h4-11,13,15,20-21,26-27H,2-3,12,14H2,1H3,(H,25,28). The van der Waals surface area contributed by atoms with Crippen LogP contribution < -0.4 is 5.32 Å². The summed E-state index contributed by atoms with van der Waals surface area (Å²) in [5, 5.41) is 5.21. The predicted molar refractivity (Wildman–Crippen MR) is 114 cm³/mol. The first-order chi connectivity index (χ1) is 13.8. The zero-order valence-corrected chi connectivity index (χ0v) is 16.2. The van der Waals surface area contributed by atoms with Crippen molar-refractivity contribution in [2.45, 2.75) is 44.7 Å². The number of aromatic amines is 2. The third kappa shape index (κ3) is 3.04. The molecule has 1 aliphatic rings. The highest BCUT2D eigenvalue weighted by Gasteiger charge is 2.31. The average molecular weight is 371 g/mol. The Morgan fingerprint density at radius 1 is 1.00 bits per heavy atom. The van der Waals surface area contributed by atoms with Gasteiger partial charge in [0, 0.05) is 22.6 Å². The van der Waals surface area contributed by atoms with E-state index in [2.05, 4.69) is 70.7 Å². The molecule has 2 unspecified atom stereocenters. The SMILES string of the molecule is CCCCC1NC(c2ncc(-c3ccccc3)[nH]2)Cc2c1[nH]c1ccccc21. The quantitative estimate of drug-likeness (QED) is 0.423. The van der Waals surface area contributed by atoms with E-state index < -0.39 is 0 Å². The van der Waals surface area contributed by atoms with Gasteiger partial charge in [-0.1, -0.05) is 68.3 Å². The summed E-state index contributed by atoms with van der Waals surface area (Å²) in [7, 11) is 0. The molecule has 2 aromatic heterocycles. The van der Waals surface area contributed by atoms with E-state index >= 15 is 0 Å². The lowest BCUT2D eigenvalue weighted by molar-refractivity contribution is 0.372. The number of H-pyrrole nitrogens is 2. The number of nitrogens with zero attached hydrogens (tertiary/aromatic N) is 1. The summed E-state index contributed by atoms with van der Waals surface area (Å²) in [6.07, 6.45) is 6.46. The van der Waals surface area contributed by atoms with Gasteiger partial charge in [0.1, 0.15) is 5.82 Å². The van der Waals surface area contributed by atoms with Crippen LogP contribution >= 0.6 is 0 Å². The van der Waals surface area contributed by atoms with Crippen molar-refractivity contribution in [3.05, 3.63) is 77.9 Å². The molecule has 0 aliphatic carbocycles. The van der Waals surface area contributed by atoms with E-state index in [1.165, 1.54) is 40.6 Å². The summed E-state index contributed by atoms with van der Waals surface area (Å²) in [4.78, 5) is 12.0. The Morgan fingerprint density at radius 2 is 1.82 bits per heavy atom. The molecular weight excluding hydrogens is 344 g/mol. The summed E-state index contributed by atoms with van der Waals surface area (Å²) in [5.74, 6) is 1.02. The second-order valence-electron chi connectivity index (χ2n) is 7.73. The second kappa shape index (κ2) is 7.28. The zero-order valence-electron chi connectivity index (χ0n) is 16.2. The number of benzene rings is 2. The smallest absolute Gasteiger partial charge is 0.124 e. The lowest BCUT2D eigenvalue weighted by Gasteiger charge is -2.30. The van der Waals surface area contributed by atoms with E-state index in [9.17, 15) is 0 Å². The van der Waals surface area contributed by atoms with Gasteiger partial charge >= 0.3 is 0 Å². The fourth-order valence-electron chi connectivity index (χ4n) is 4.42. The highest BCUT2D eigenvalue weighted by molar-refractivity contribution is 5.85. The Bertz CT molecular complexity index is 1080. The van der Waals surface area contributed by atoms with Gasteiger partial charge in [-0.3, -0.25) is 5.32 Å². The molecule has 5 rings (SSSR count). The molecule has 1 aliphatic heterocycles. The number of rotatable bonds is 5. The number of aromatic nitrogens is 3. The van der Waals surface area contributed by atoms with E-state index in [4.69, 9.17) is 4.98 Å². The van der Waals surface area contributed by atoms with Gasteiger partial charge in [-0.2, -0.15) is 0 Å². The van der Waals surface area contributed by atoms with Gasteiger partial charge in [-0.15, -0.1) is 0 Å². The first-order valence-corrected chi connectivity index (χ1v) is 10.3. The molecule has 4 nitrogen and oxygen atoms in total. The minimum atomic E-state index is 0.200. The average Bonchev–Trinajstić information content (AvgIpc) is 3.38. The maximum atomic E-state index is 4.74. The van der Waals surface area contributed by atoms with Crippen LogP contribution in [0.15, 0.2) is 60.8 Å². The van der Waals surface area contributed by atoms with Crippen molar-refractivity contribution in [3.63, 3.8) is 0 Å². The number of hydrogen-bond donors (Lipinski definition) is 3. The van der Waals surface area contributed by atoms with Crippen molar-refractivity contribution in [2.75, 3.05) is 0 Å². The summed E-state index contributed by atoms with van der Waals surface area (Å²) in [6, 6.07) is 19.6. The fourth-order valence-corrected chi connectivity index (χ4v) is 4.42. The lowest BCUT2D eigenvalue weighted by atomic mass is 9.91. The monoisotopic (exact) mass is 370 g/mol. The fraction of sp³-hybridized carbons (Fsp3) is 0.292. The lowest BCUT2D eigenvalue weighted by Crippen LogP contribution is -2.34. The van der Waals surface area contributed by atoms with E-state index in [1.54, 1.807) is 0 Å². The van der Waals surface area contributed by atoms with Gasteiger partial charge in [-0.05, 0) is 30.0 Å². The largest absolute Gasteiger partial charge is 0.357 e. The van der Waals surface area contributed by atoms with Crippen molar-refractivity contribution in [2.24, 2.45) is 0 Å². The van der Waals surface area contributed by atoms with Gasteiger partial charge in [0.25, 0.3) is 0 Å². The van der Waals surface area contributed by atoms with Crippen molar-refractivity contribution in [1.82, 2.24) is 20.3 Å². The van der Waals surface area contributed by atoms with Crippen molar-refractivity contribution >= 4 is 10.9 Å². The summed E-state index contributed by atoms with van der Waals surface area (Å²) in [5.41, 5.74) is 6.29. The molecule has 0 bridgehead atoms. The van der Waals surface area contributed by atoms with Crippen LogP contribution in [0.2, 0.25) is 0 Å². The molecule has 28 heavy (non-hydrogen) atoms. The summed E-state index contributed by atoms with van der Waals surface area (Å²) < 4.78 is 0. The van der Waals surface area contributed by atoms with Crippen LogP contribution in [0.25, 0.3) is 22.2 Å².